The molecule has 0 radical (unpaired) electrons. The van der Waals surface area contributed by atoms with Gasteiger partial charge in [-0.3, -0.25) is 0 Å². The molecule has 2 atom stereocenters. The van der Waals surface area contributed by atoms with E-state index in [4.69, 9.17) is 5.11 Å². The first-order chi connectivity index (χ1) is 10.8. The van der Waals surface area contributed by atoms with Crippen molar-refractivity contribution >= 4 is 22.0 Å². The zero-order chi connectivity index (χ0) is 17.5. The topological polar surface area (TPSA) is 60.8 Å². The van der Waals surface area contributed by atoms with Crippen LogP contribution in [0.3, 0.4) is 0 Å². The molecule has 2 N–H and O–H groups in total. The van der Waals surface area contributed by atoms with E-state index in [1.54, 1.807) is 19.2 Å². The number of aromatic hydroxyl groups is 1. The molecule has 0 fully saturated rings. The first kappa shape index (κ1) is 19.3. The van der Waals surface area contributed by atoms with Crippen LogP contribution < -0.4 is 0 Å². The van der Waals surface area contributed by atoms with E-state index in [1.165, 1.54) is 4.90 Å². The molecule has 1 aromatic rings. The van der Waals surface area contributed by atoms with E-state index in [1.807, 2.05) is 18.2 Å². The molecule has 0 heterocycles. The summed E-state index contributed by atoms with van der Waals surface area (Å²) < 4.78 is 0. The lowest BCUT2D eigenvalue weighted by Gasteiger charge is -2.29. The van der Waals surface area contributed by atoms with Crippen LogP contribution in [0.15, 0.2) is 49.1 Å². The summed E-state index contributed by atoms with van der Waals surface area (Å²) in [5.41, 5.74) is 0.723. The van der Waals surface area contributed by atoms with Crippen LogP contribution in [0.2, 0.25) is 0 Å². The van der Waals surface area contributed by atoms with Gasteiger partial charge in [0, 0.05) is 23.8 Å². The molecule has 0 spiro atoms. The molecule has 2 unspecified atom stereocenters. The van der Waals surface area contributed by atoms with Crippen molar-refractivity contribution in [2.45, 2.75) is 30.0 Å². The Morgan fingerprint density at radius 3 is 2.57 bits per heavy atom. The Bertz CT molecular complexity index is 556. The highest BCUT2D eigenvalue weighted by atomic mass is 79.9. The number of phenols is 1. The van der Waals surface area contributed by atoms with Crippen LogP contribution in [-0.4, -0.2) is 39.6 Å². The first-order valence-electron chi connectivity index (χ1n) is 7.46. The van der Waals surface area contributed by atoms with Gasteiger partial charge in [0.25, 0.3) is 0 Å². The summed E-state index contributed by atoms with van der Waals surface area (Å²) >= 11 is 3.50. The Labute approximate surface area is 146 Å². The van der Waals surface area contributed by atoms with Crippen molar-refractivity contribution in [1.29, 1.82) is 0 Å². The third kappa shape index (κ3) is 6.10. The number of alkyl halides is 1. The first-order valence-corrected chi connectivity index (χ1v) is 8.38. The highest BCUT2D eigenvalue weighted by Gasteiger charge is 2.24. The molecule has 0 bridgehead atoms. The van der Waals surface area contributed by atoms with E-state index < -0.39 is 6.09 Å². The minimum Gasteiger partial charge on any atom is -0.508 e. The van der Waals surface area contributed by atoms with Gasteiger partial charge < -0.3 is 15.1 Å². The molecule has 0 saturated carbocycles. The van der Waals surface area contributed by atoms with Crippen molar-refractivity contribution in [2.24, 2.45) is 0 Å². The minimum atomic E-state index is -0.936. The van der Waals surface area contributed by atoms with E-state index in [0.717, 1.165) is 12.0 Å². The SMILES string of the molecule is C=CC(Br)CC=CC(C)(CCN(C)C(=O)O)c1ccc(O)cc1. The molecular formula is C18H24BrNO3. The van der Waals surface area contributed by atoms with Crippen molar-refractivity contribution in [3.63, 3.8) is 0 Å². The highest BCUT2D eigenvalue weighted by Crippen LogP contribution is 2.31. The van der Waals surface area contributed by atoms with E-state index in [-0.39, 0.29) is 16.0 Å². The molecule has 5 heteroatoms. The maximum atomic E-state index is 11.0. The normalized spacial score (nSPS) is 15.1. The van der Waals surface area contributed by atoms with Crippen molar-refractivity contribution in [2.75, 3.05) is 13.6 Å². The van der Waals surface area contributed by atoms with Gasteiger partial charge in [0.1, 0.15) is 5.75 Å². The van der Waals surface area contributed by atoms with Gasteiger partial charge >= 0.3 is 6.09 Å². The zero-order valence-electron chi connectivity index (χ0n) is 13.6. The van der Waals surface area contributed by atoms with Crippen LogP contribution in [-0.2, 0) is 5.41 Å². The van der Waals surface area contributed by atoms with Crippen LogP contribution >= 0.6 is 15.9 Å². The van der Waals surface area contributed by atoms with Crippen LogP contribution in [0.1, 0.15) is 25.3 Å². The number of benzene rings is 1. The fourth-order valence-corrected chi connectivity index (χ4v) is 2.43. The van der Waals surface area contributed by atoms with Crippen molar-refractivity contribution in [1.82, 2.24) is 4.90 Å². The average Bonchev–Trinajstić information content (AvgIpc) is 2.52. The summed E-state index contributed by atoms with van der Waals surface area (Å²) in [4.78, 5) is 12.5. The smallest absolute Gasteiger partial charge is 0.407 e. The molecule has 1 rings (SSSR count). The van der Waals surface area contributed by atoms with E-state index in [0.29, 0.717) is 13.0 Å². The molecular weight excluding hydrogens is 358 g/mol. The summed E-state index contributed by atoms with van der Waals surface area (Å²) in [5.74, 6) is 0.218. The highest BCUT2D eigenvalue weighted by molar-refractivity contribution is 9.09. The third-order valence-electron chi connectivity index (χ3n) is 3.92. The number of phenolic OH excluding ortho intramolecular Hbond substituents is 1. The second kappa shape index (κ2) is 8.77. The maximum absolute atomic E-state index is 11.0. The van der Waals surface area contributed by atoms with Gasteiger partial charge in [-0.25, -0.2) is 4.79 Å². The van der Waals surface area contributed by atoms with Gasteiger partial charge in [0.05, 0.1) is 0 Å². The Hall–Kier alpha value is -1.75. The molecule has 0 aliphatic rings. The lowest BCUT2D eigenvalue weighted by molar-refractivity contribution is 0.153. The summed E-state index contributed by atoms with van der Waals surface area (Å²) in [6, 6.07) is 7.05. The average molecular weight is 382 g/mol. The van der Waals surface area contributed by atoms with E-state index in [9.17, 15) is 9.90 Å². The monoisotopic (exact) mass is 381 g/mol. The molecule has 126 valence electrons. The second-order valence-corrected chi connectivity index (χ2v) is 6.98. The molecule has 1 aromatic carbocycles. The lowest BCUT2D eigenvalue weighted by Crippen LogP contribution is -2.31. The van der Waals surface area contributed by atoms with Crippen molar-refractivity contribution in [3.8, 4) is 5.75 Å². The molecule has 0 aromatic heterocycles. The Kier molecular flexibility index (Phi) is 7.36. The van der Waals surface area contributed by atoms with Gasteiger partial charge in [-0.2, -0.15) is 0 Å². The quantitative estimate of drug-likeness (QED) is 0.512. The number of amides is 1. The number of carbonyl (C=O) groups is 1. The number of allylic oxidation sites excluding steroid dienone is 3. The van der Waals surface area contributed by atoms with Gasteiger partial charge in [0.2, 0.25) is 0 Å². The Balaban J connectivity index is 2.96. The number of rotatable bonds is 8. The molecule has 4 nitrogen and oxygen atoms in total. The summed E-state index contributed by atoms with van der Waals surface area (Å²) in [7, 11) is 1.56. The predicted octanol–water partition coefficient (Wildman–Crippen LogP) is 4.55. The second-order valence-electron chi connectivity index (χ2n) is 5.81. The van der Waals surface area contributed by atoms with Gasteiger partial charge in [0.15, 0.2) is 0 Å². The van der Waals surface area contributed by atoms with E-state index >= 15 is 0 Å². The van der Waals surface area contributed by atoms with Crippen LogP contribution in [0.25, 0.3) is 0 Å². The van der Waals surface area contributed by atoms with Gasteiger partial charge in [-0.15, -0.1) is 6.58 Å². The van der Waals surface area contributed by atoms with Crippen LogP contribution in [0.5, 0.6) is 5.75 Å². The summed E-state index contributed by atoms with van der Waals surface area (Å²) in [6.45, 7) is 6.24. The maximum Gasteiger partial charge on any atom is 0.407 e. The number of hydrogen-bond acceptors (Lipinski definition) is 2. The summed E-state index contributed by atoms with van der Waals surface area (Å²) in [5, 5.41) is 18.5. The van der Waals surface area contributed by atoms with Crippen molar-refractivity contribution < 1.29 is 15.0 Å². The Morgan fingerprint density at radius 2 is 2.04 bits per heavy atom. The number of halogens is 1. The fourth-order valence-electron chi connectivity index (χ4n) is 2.22. The minimum absolute atomic E-state index is 0.213. The lowest BCUT2D eigenvalue weighted by atomic mass is 9.78. The van der Waals surface area contributed by atoms with Crippen LogP contribution in [0, 0.1) is 0 Å². The van der Waals surface area contributed by atoms with Crippen LogP contribution in [0.4, 0.5) is 4.79 Å². The van der Waals surface area contributed by atoms with Gasteiger partial charge in [-0.1, -0.05) is 53.2 Å². The number of hydrogen-bond donors (Lipinski definition) is 2. The summed E-state index contributed by atoms with van der Waals surface area (Å²) in [6.07, 6.45) is 6.54. The molecule has 0 aliphatic heterocycles. The van der Waals surface area contributed by atoms with E-state index in [2.05, 4.69) is 41.6 Å². The zero-order valence-corrected chi connectivity index (χ0v) is 15.2. The standard InChI is InChI=1S/C18H24BrNO3/c1-4-15(19)6-5-11-18(2,12-13-20(3)17(22)23)14-7-9-16(21)10-8-14/h4-5,7-11,15,21H,1,6,12-13H2,2-3H3,(H,22,23). The Morgan fingerprint density at radius 1 is 1.43 bits per heavy atom. The predicted molar refractivity (Wildman–Crippen MR) is 97.4 cm³/mol. The molecule has 1 amide bonds. The fraction of sp³-hybridized carbons (Fsp3) is 0.389. The van der Waals surface area contributed by atoms with Crippen molar-refractivity contribution in [3.05, 3.63) is 54.6 Å². The number of nitrogens with zero attached hydrogens (tertiary/aromatic N) is 1. The third-order valence-corrected chi connectivity index (χ3v) is 4.67. The molecule has 0 saturated heterocycles. The number of carboxylic acid groups (broad SMARTS) is 1. The largest absolute Gasteiger partial charge is 0.508 e. The molecule has 23 heavy (non-hydrogen) atoms. The van der Waals surface area contributed by atoms with Gasteiger partial charge in [-0.05, 0) is 30.5 Å². The molecule has 0 aliphatic carbocycles.